The van der Waals surface area contributed by atoms with Crippen molar-refractivity contribution in [3.05, 3.63) is 24.0 Å². The van der Waals surface area contributed by atoms with Gasteiger partial charge < -0.3 is 4.74 Å². The number of rotatable bonds is 2. The van der Waals surface area contributed by atoms with Gasteiger partial charge in [0.1, 0.15) is 5.40 Å². The first-order valence-electron chi connectivity index (χ1n) is 3.17. The summed E-state index contributed by atoms with van der Waals surface area (Å²) >= 11 is 0.919. The SMILES string of the molecule is COc1ccc(SC#N)cc1F. The van der Waals surface area contributed by atoms with Crippen molar-refractivity contribution < 1.29 is 9.13 Å². The van der Waals surface area contributed by atoms with E-state index in [2.05, 4.69) is 0 Å². The highest BCUT2D eigenvalue weighted by Crippen LogP contribution is 2.23. The number of ether oxygens (including phenoxy) is 1. The van der Waals surface area contributed by atoms with Gasteiger partial charge in [-0.1, -0.05) is 0 Å². The van der Waals surface area contributed by atoms with Crippen LogP contribution in [0.4, 0.5) is 4.39 Å². The smallest absolute Gasteiger partial charge is 0.166 e. The Kier molecular flexibility index (Phi) is 2.94. The summed E-state index contributed by atoms with van der Waals surface area (Å²) in [5.41, 5.74) is 0. The molecule has 0 N–H and O–H groups in total. The van der Waals surface area contributed by atoms with Crippen LogP contribution in [0.15, 0.2) is 23.1 Å². The van der Waals surface area contributed by atoms with Gasteiger partial charge in [-0.3, -0.25) is 0 Å². The van der Waals surface area contributed by atoms with E-state index in [1.807, 2.05) is 5.40 Å². The maximum Gasteiger partial charge on any atom is 0.166 e. The predicted molar refractivity (Wildman–Crippen MR) is 44.4 cm³/mol. The number of hydrogen-bond donors (Lipinski definition) is 0. The lowest BCUT2D eigenvalue weighted by Crippen LogP contribution is -1.87. The Morgan fingerprint density at radius 3 is 2.83 bits per heavy atom. The first-order valence-corrected chi connectivity index (χ1v) is 3.99. The van der Waals surface area contributed by atoms with Crippen molar-refractivity contribution in [2.75, 3.05) is 7.11 Å². The molecule has 0 fully saturated rings. The number of halogens is 1. The molecule has 0 atom stereocenters. The molecule has 0 bridgehead atoms. The molecule has 2 nitrogen and oxygen atoms in total. The van der Waals surface area contributed by atoms with Gasteiger partial charge in [-0.2, -0.15) is 5.26 Å². The van der Waals surface area contributed by atoms with E-state index in [0.29, 0.717) is 4.90 Å². The van der Waals surface area contributed by atoms with Gasteiger partial charge in [0.15, 0.2) is 11.6 Å². The summed E-state index contributed by atoms with van der Waals surface area (Å²) in [5.74, 6) is -0.255. The number of nitriles is 1. The van der Waals surface area contributed by atoms with Crippen LogP contribution in [0, 0.1) is 16.5 Å². The summed E-state index contributed by atoms with van der Waals surface area (Å²) in [6, 6.07) is 4.40. The van der Waals surface area contributed by atoms with Crippen molar-refractivity contribution in [2.45, 2.75) is 4.90 Å². The molecule has 4 heteroatoms. The summed E-state index contributed by atoms with van der Waals surface area (Å²) in [6.07, 6.45) is 0. The average molecular weight is 183 g/mol. The van der Waals surface area contributed by atoms with Crippen LogP contribution in [0.25, 0.3) is 0 Å². The highest BCUT2D eigenvalue weighted by atomic mass is 32.2. The monoisotopic (exact) mass is 183 g/mol. The number of thiocyanates is 1. The van der Waals surface area contributed by atoms with Crippen LogP contribution in [0.3, 0.4) is 0 Å². The maximum atomic E-state index is 12.9. The summed E-state index contributed by atoms with van der Waals surface area (Å²) in [7, 11) is 1.40. The lowest BCUT2D eigenvalue weighted by Gasteiger charge is -2.01. The highest BCUT2D eigenvalue weighted by molar-refractivity contribution is 8.03. The first-order chi connectivity index (χ1) is 5.77. The summed E-state index contributed by atoms with van der Waals surface area (Å²) in [5, 5.41) is 10.2. The van der Waals surface area contributed by atoms with Gasteiger partial charge in [-0.25, -0.2) is 4.39 Å². The fourth-order valence-corrected chi connectivity index (χ4v) is 1.17. The van der Waals surface area contributed by atoms with E-state index in [-0.39, 0.29) is 5.75 Å². The number of thioether (sulfide) groups is 1. The molecule has 1 aromatic rings. The number of nitrogens with zero attached hydrogens (tertiary/aromatic N) is 1. The third kappa shape index (κ3) is 1.89. The number of hydrogen-bond acceptors (Lipinski definition) is 3. The van der Waals surface area contributed by atoms with Crippen molar-refractivity contribution in [3.63, 3.8) is 0 Å². The topological polar surface area (TPSA) is 33.0 Å². The van der Waals surface area contributed by atoms with Crippen molar-refractivity contribution in [1.29, 1.82) is 5.26 Å². The van der Waals surface area contributed by atoms with Crippen molar-refractivity contribution in [2.24, 2.45) is 0 Å². The largest absolute Gasteiger partial charge is 0.494 e. The minimum Gasteiger partial charge on any atom is -0.494 e. The van der Waals surface area contributed by atoms with Crippen LogP contribution in [-0.4, -0.2) is 7.11 Å². The Labute approximate surface area is 74.0 Å². The average Bonchev–Trinajstić information content (AvgIpc) is 2.05. The zero-order chi connectivity index (χ0) is 8.97. The van der Waals surface area contributed by atoms with Crippen LogP contribution >= 0.6 is 11.8 Å². The molecule has 0 saturated heterocycles. The molecule has 0 aromatic heterocycles. The molecule has 0 heterocycles. The van der Waals surface area contributed by atoms with Crippen LogP contribution in [0.2, 0.25) is 0 Å². The van der Waals surface area contributed by atoms with E-state index in [1.165, 1.54) is 19.2 Å². The summed E-state index contributed by atoms with van der Waals surface area (Å²) < 4.78 is 17.6. The Balaban J connectivity index is 2.95. The molecule has 0 radical (unpaired) electrons. The van der Waals surface area contributed by atoms with E-state index < -0.39 is 5.82 Å². The standard InChI is InChI=1S/C8H6FNOS/c1-11-8-3-2-6(12-5-10)4-7(8)9/h2-4H,1H3. The Bertz CT molecular complexity index is 321. The third-order valence-corrected chi connectivity index (χ3v) is 1.87. The molecule has 0 aliphatic carbocycles. The van der Waals surface area contributed by atoms with E-state index in [1.54, 1.807) is 6.07 Å². The van der Waals surface area contributed by atoms with E-state index >= 15 is 0 Å². The summed E-state index contributed by atoms with van der Waals surface area (Å²) in [6.45, 7) is 0. The van der Waals surface area contributed by atoms with Crippen LogP contribution in [0.1, 0.15) is 0 Å². The normalized spacial score (nSPS) is 9.08. The molecule has 0 unspecified atom stereocenters. The quantitative estimate of drug-likeness (QED) is 0.521. The molecule has 0 saturated carbocycles. The molecule has 0 amide bonds. The number of methoxy groups -OCH3 is 1. The first kappa shape index (κ1) is 8.88. The van der Waals surface area contributed by atoms with Gasteiger partial charge in [-0.05, 0) is 30.0 Å². The fraction of sp³-hybridized carbons (Fsp3) is 0.125. The molecule has 0 spiro atoms. The molecule has 62 valence electrons. The molecular formula is C8H6FNOS. The summed E-state index contributed by atoms with van der Waals surface area (Å²) in [4.78, 5) is 0.579. The van der Waals surface area contributed by atoms with E-state index in [9.17, 15) is 4.39 Å². The zero-order valence-corrected chi connectivity index (χ0v) is 7.19. The fourth-order valence-electron chi connectivity index (χ4n) is 0.763. The molecule has 1 aromatic carbocycles. The Morgan fingerprint density at radius 2 is 2.33 bits per heavy atom. The van der Waals surface area contributed by atoms with Gasteiger partial charge in [0.2, 0.25) is 0 Å². The lowest BCUT2D eigenvalue weighted by molar-refractivity contribution is 0.385. The molecule has 0 aliphatic heterocycles. The highest BCUT2D eigenvalue weighted by Gasteiger charge is 2.02. The third-order valence-electron chi connectivity index (χ3n) is 1.29. The van der Waals surface area contributed by atoms with Crippen molar-refractivity contribution >= 4 is 11.8 Å². The molecule has 12 heavy (non-hydrogen) atoms. The Morgan fingerprint density at radius 1 is 1.58 bits per heavy atom. The maximum absolute atomic E-state index is 12.9. The minimum atomic E-state index is -0.447. The second-order valence-electron chi connectivity index (χ2n) is 1.99. The van der Waals surface area contributed by atoms with Gasteiger partial charge in [0, 0.05) is 4.90 Å². The molecule has 1 rings (SSSR count). The van der Waals surface area contributed by atoms with E-state index in [0.717, 1.165) is 11.8 Å². The van der Waals surface area contributed by atoms with Crippen LogP contribution < -0.4 is 4.74 Å². The second kappa shape index (κ2) is 3.98. The van der Waals surface area contributed by atoms with Crippen LogP contribution in [-0.2, 0) is 0 Å². The van der Waals surface area contributed by atoms with Gasteiger partial charge >= 0.3 is 0 Å². The van der Waals surface area contributed by atoms with Gasteiger partial charge in [-0.15, -0.1) is 0 Å². The molecular weight excluding hydrogens is 177 g/mol. The Hall–Kier alpha value is -1.21. The van der Waals surface area contributed by atoms with Gasteiger partial charge in [0.25, 0.3) is 0 Å². The van der Waals surface area contributed by atoms with Crippen LogP contribution in [0.5, 0.6) is 5.75 Å². The predicted octanol–water partition coefficient (Wildman–Crippen LogP) is 2.41. The lowest BCUT2D eigenvalue weighted by atomic mass is 10.3. The zero-order valence-electron chi connectivity index (χ0n) is 6.37. The minimum absolute atomic E-state index is 0.192. The van der Waals surface area contributed by atoms with Crippen molar-refractivity contribution in [1.82, 2.24) is 0 Å². The second-order valence-corrected chi connectivity index (χ2v) is 2.85. The van der Waals surface area contributed by atoms with Crippen molar-refractivity contribution in [3.8, 4) is 11.2 Å². The van der Waals surface area contributed by atoms with Gasteiger partial charge in [0.05, 0.1) is 7.11 Å². The number of benzene rings is 1. The van der Waals surface area contributed by atoms with E-state index in [4.69, 9.17) is 10.00 Å². The molecule has 0 aliphatic rings.